The van der Waals surface area contributed by atoms with Gasteiger partial charge in [-0.05, 0) is 24.6 Å². The van der Waals surface area contributed by atoms with E-state index in [9.17, 15) is 21.9 Å². The molecule has 2 rings (SSSR count). The summed E-state index contributed by atoms with van der Waals surface area (Å²) in [6.07, 6.45) is -1.24. The minimum absolute atomic E-state index is 0.0472. The Morgan fingerprint density at radius 3 is 2.45 bits per heavy atom. The third kappa shape index (κ3) is 3.12. The Balaban J connectivity index is 2.45. The average Bonchev–Trinajstić information content (AvgIpc) is 2.70. The molecular weight excluding hydrogens is 330 g/mol. The lowest BCUT2D eigenvalue weighted by Crippen LogP contribution is -2.44. The van der Waals surface area contributed by atoms with Gasteiger partial charge in [-0.2, -0.15) is 4.31 Å². The first-order valence-corrected chi connectivity index (χ1v) is 9.86. The summed E-state index contributed by atoms with van der Waals surface area (Å²) in [6, 6.07) is 3.71. The van der Waals surface area contributed by atoms with E-state index in [4.69, 9.17) is 4.74 Å². The largest absolute Gasteiger partial charge is 0.495 e. The first-order chi connectivity index (χ1) is 10.1. The van der Waals surface area contributed by atoms with Gasteiger partial charge in [-0.15, -0.1) is 0 Å². The SMILES string of the molecule is COc1ccc(C)cc1S(=O)(=O)N(C)[C@@H]1CS(=O)(=O)C[C@H]1O. The van der Waals surface area contributed by atoms with Gasteiger partial charge in [0.05, 0.1) is 30.8 Å². The fourth-order valence-electron chi connectivity index (χ4n) is 2.48. The number of likely N-dealkylation sites (N-methyl/N-ethyl adjacent to an activating group) is 1. The van der Waals surface area contributed by atoms with Gasteiger partial charge in [0.25, 0.3) is 0 Å². The van der Waals surface area contributed by atoms with E-state index in [0.29, 0.717) is 0 Å². The van der Waals surface area contributed by atoms with E-state index < -0.39 is 43.5 Å². The quantitative estimate of drug-likeness (QED) is 0.807. The zero-order chi connectivity index (χ0) is 16.7. The van der Waals surface area contributed by atoms with Crippen molar-refractivity contribution in [2.45, 2.75) is 24.0 Å². The first-order valence-electron chi connectivity index (χ1n) is 6.59. The highest BCUT2D eigenvalue weighted by molar-refractivity contribution is 7.92. The molecule has 1 aliphatic heterocycles. The molecule has 0 spiro atoms. The van der Waals surface area contributed by atoms with Crippen LogP contribution in [0.3, 0.4) is 0 Å². The van der Waals surface area contributed by atoms with Gasteiger partial charge in [0, 0.05) is 7.05 Å². The standard InChI is InChI=1S/C13H19NO6S2/c1-9-4-5-12(20-3)13(6-9)22(18,19)14(2)10-7-21(16,17)8-11(10)15/h4-6,10-11,15H,7-8H2,1-3H3/t10-,11-/m1/s1. The molecule has 22 heavy (non-hydrogen) atoms. The van der Waals surface area contributed by atoms with Crippen molar-refractivity contribution in [2.75, 3.05) is 25.7 Å². The lowest BCUT2D eigenvalue weighted by atomic mass is 10.2. The summed E-state index contributed by atoms with van der Waals surface area (Å²) in [5, 5.41) is 9.87. The summed E-state index contributed by atoms with van der Waals surface area (Å²) in [7, 11) is -4.80. The zero-order valence-corrected chi connectivity index (χ0v) is 14.2. The van der Waals surface area contributed by atoms with E-state index in [0.717, 1.165) is 9.87 Å². The molecule has 0 bridgehead atoms. The van der Waals surface area contributed by atoms with Crippen LogP contribution < -0.4 is 4.74 Å². The number of ether oxygens (including phenoxy) is 1. The van der Waals surface area contributed by atoms with Crippen LogP contribution in [0, 0.1) is 6.92 Å². The third-order valence-electron chi connectivity index (χ3n) is 3.74. The van der Waals surface area contributed by atoms with E-state index in [2.05, 4.69) is 0 Å². The highest BCUT2D eigenvalue weighted by Crippen LogP contribution is 2.30. The second-order valence-corrected chi connectivity index (χ2v) is 9.51. The van der Waals surface area contributed by atoms with Gasteiger partial charge in [-0.25, -0.2) is 16.8 Å². The Labute approximate surface area is 130 Å². The van der Waals surface area contributed by atoms with Crippen molar-refractivity contribution in [3.05, 3.63) is 23.8 Å². The van der Waals surface area contributed by atoms with Gasteiger partial charge in [-0.1, -0.05) is 6.07 Å². The Bertz CT molecular complexity index is 772. The molecule has 7 nitrogen and oxygen atoms in total. The number of benzene rings is 1. The highest BCUT2D eigenvalue weighted by Gasteiger charge is 2.43. The fourth-order valence-corrected chi connectivity index (χ4v) is 6.04. The second kappa shape index (κ2) is 5.80. The average molecular weight is 349 g/mol. The van der Waals surface area contributed by atoms with E-state index in [1.807, 2.05) is 0 Å². The van der Waals surface area contributed by atoms with Gasteiger partial charge in [0.15, 0.2) is 9.84 Å². The van der Waals surface area contributed by atoms with E-state index in [1.54, 1.807) is 13.0 Å². The lowest BCUT2D eigenvalue weighted by molar-refractivity contribution is 0.137. The van der Waals surface area contributed by atoms with Crippen LogP contribution >= 0.6 is 0 Å². The molecule has 2 atom stereocenters. The smallest absolute Gasteiger partial charge is 0.246 e. The van der Waals surface area contributed by atoms with Gasteiger partial charge in [-0.3, -0.25) is 0 Å². The normalized spacial score (nSPS) is 24.6. The number of aliphatic hydroxyl groups excluding tert-OH is 1. The molecule has 0 aliphatic carbocycles. The number of sulfonamides is 1. The first kappa shape index (κ1) is 17.2. The molecular formula is C13H19NO6S2. The van der Waals surface area contributed by atoms with Gasteiger partial charge >= 0.3 is 0 Å². The van der Waals surface area contributed by atoms with Crippen molar-refractivity contribution in [1.82, 2.24) is 4.31 Å². The molecule has 1 aliphatic rings. The van der Waals surface area contributed by atoms with Crippen LogP contribution in [0.1, 0.15) is 5.56 Å². The molecule has 0 aromatic heterocycles. The molecule has 1 fully saturated rings. The number of sulfone groups is 1. The fraction of sp³-hybridized carbons (Fsp3) is 0.538. The van der Waals surface area contributed by atoms with Crippen molar-refractivity contribution in [1.29, 1.82) is 0 Å². The number of nitrogens with zero attached hydrogens (tertiary/aromatic N) is 1. The molecule has 0 amide bonds. The third-order valence-corrected chi connectivity index (χ3v) is 7.34. The topological polar surface area (TPSA) is 101 Å². The van der Waals surface area contributed by atoms with Crippen LogP contribution in [0.15, 0.2) is 23.1 Å². The minimum atomic E-state index is -3.99. The van der Waals surface area contributed by atoms with E-state index in [-0.39, 0.29) is 10.6 Å². The summed E-state index contributed by atoms with van der Waals surface area (Å²) in [5.41, 5.74) is 0.729. The van der Waals surface area contributed by atoms with E-state index in [1.165, 1.54) is 26.3 Å². The van der Waals surface area contributed by atoms with Gasteiger partial charge < -0.3 is 9.84 Å². The molecule has 1 heterocycles. The van der Waals surface area contributed by atoms with Crippen LogP contribution in [0.4, 0.5) is 0 Å². The van der Waals surface area contributed by atoms with Gasteiger partial charge in [0.2, 0.25) is 10.0 Å². The zero-order valence-electron chi connectivity index (χ0n) is 12.6. The van der Waals surface area contributed by atoms with Crippen molar-refractivity contribution in [3.63, 3.8) is 0 Å². The number of methoxy groups -OCH3 is 1. The molecule has 1 aromatic rings. The maximum absolute atomic E-state index is 12.7. The van der Waals surface area contributed by atoms with Crippen LogP contribution in [0.2, 0.25) is 0 Å². The molecule has 1 saturated heterocycles. The number of aliphatic hydroxyl groups is 1. The van der Waals surface area contributed by atoms with Crippen LogP contribution in [0.5, 0.6) is 5.75 Å². The highest BCUT2D eigenvalue weighted by atomic mass is 32.2. The predicted octanol–water partition coefficient (Wildman–Crippen LogP) is -0.218. The Morgan fingerprint density at radius 1 is 1.32 bits per heavy atom. The summed E-state index contributed by atoms with van der Waals surface area (Å²) >= 11 is 0. The number of hydrogen-bond acceptors (Lipinski definition) is 6. The molecule has 9 heteroatoms. The lowest BCUT2D eigenvalue weighted by Gasteiger charge is -2.26. The molecule has 0 unspecified atom stereocenters. The van der Waals surface area contributed by atoms with Crippen molar-refractivity contribution in [3.8, 4) is 5.75 Å². The van der Waals surface area contributed by atoms with Gasteiger partial charge in [0.1, 0.15) is 10.6 Å². The maximum atomic E-state index is 12.7. The Kier molecular flexibility index (Phi) is 4.54. The molecule has 1 aromatic carbocycles. The summed E-state index contributed by atoms with van der Waals surface area (Å²) in [4.78, 5) is -0.0472. The summed E-state index contributed by atoms with van der Waals surface area (Å²) < 4.78 is 54.7. The molecule has 1 N–H and O–H groups in total. The number of aryl methyl sites for hydroxylation is 1. The van der Waals surface area contributed by atoms with E-state index >= 15 is 0 Å². The Hall–Kier alpha value is -1.16. The monoisotopic (exact) mass is 349 g/mol. The Morgan fingerprint density at radius 2 is 1.95 bits per heavy atom. The molecule has 0 radical (unpaired) electrons. The summed E-state index contributed by atoms with van der Waals surface area (Å²) in [6.45, 7) is 1.74. The number of hydrogen-bond donors (Lipinski definition) is 1. The maximum Gasteiger partial charge on any atom is 0.246 e. The van der Waals surface area contributed by atoms with Crippen LogP contribution in [-0.2, 0) is 19.9 Å². The second-order valence-electron chi connectivity index (χ2n) is 5.39. The summed E-state index contributed by atoms with van der Waals surface area (Å²) in [5.74, 6) is -0.645. The van der Waals surface area contributed by atoms with Crippen molar-refractivity contribution in [2.24, 2.45) is 0 Å². The van der Waals surface area contributed by atoms with Crippen LogP contribution in [0.25, 0.3) is 0 Å². The minimum Gasteiger partial charge on any atom is -0.495 e. The number of rotatable bonds is 4. The van der Waals surface area contributed by atoms with Crippen molar-refractivity contribution < 1.29 is 26.7 Å². The van der Waals surface area contributed by atoms with Crippen LogP contribution in [-0.4, -0.2) is 64.1 Å². The molecule has 0 saturated carbocycles. The van der Waals surface area contributed by atoms with Crippen molar-refractivity contribution >= 4 is 19.9 Å². The molecule has 124 valence electrons. The predicted molar refractivity (Wildman–Crippen MR) is 81.1 cm³/mol.